The van der Waals surface area contributed by atoms with Crippen LogP contribution in [0.5, 0.6) is 0 Å². The molecule has 0 bridgehead atoms. The number of imidazole rings is 1. The van der Waals surface area contributed by atoms with Crippen LogP contribution in [0, 0.1) is 0 Å². The van der Waals surface area contributed by atoms with Crippen LogP contribution >= 0.6 is 0 Å². The van der Waals surface area contributed by atoms with Gasteiger partial charge in [-0.3, -0.25) is 4.68 Å². The number of ether oxygens (including phenoxy) is 1. The fraction of sp³-hybridized carbons (Fsp3) is 0.462. The van der Waals surface area contributed by atoms with Crippen molar-refractivity contribution in [3.63, 3.8) is 0 Å². The fourth-order valence-corrected chi connectivity index (χ4v) is 1.89. The standard InChI is InChI=1S/C13H18N4O2/c1-13(2,3)10-8(7-17(4)16-10)11-14-6-9(15-11)12(18)19-5/h6-7H,1-5H3,(H,14,15). The first-order valence-corrected chi connectivity index (χ1v) is 6.00. The molecule has 6 nitrogen and oxygen atoms in total. The minimum absolute atomic E-state index is 0.102. The average Bonchev–Trinajstić information content (AvgIpc) is 2.92. The van der Waals surface area contributed by atoms with Gasteiger partial charge in [0, 0.05) is 18.7 Å². The van der Waals surface area contributed by atoms with E-state index in [4.69, 9.17) is 0 Å². The summed E-state index contributed by atoms with van der Waals surface area (Å²) >= 11 is 0. The topological polar surface area (TPSA) is 72.8 Å². The summed E-state index contributed by atoms with van der Waals surface area (Å²) in [6.07, 6.45) is 3.36. The molecule has 0 amide bonds. The molecule has 0 aromatic carbocycles. The molecule has 0 spiro atoms. The van der Waals surface area contributed by atoms with E-state index in [-0.39, 0.29) is 5.41 Å². The first-order valence-electron chi connectivity index (χ1n) is 6.00. The molecule has 102 valence electrons. The third-order valence-electron chi connectivity index (χ3n) is 2.78. The summed E-state index contributed by atoms with van der Waals surface area (Å²) in [6.45, 7) is 6.26. The zero-order valence-electron chi connectivity index (χ0n) is 11.8. The highest BCUT2D eigenvalue weighted by atomic mass is 16.5. The second-order valence-electron chi connectivity index (χ2n) is 5.45. The number of aromatic nitrogens is 4. The van der Waals surface area contributed by atoms with Crippen LogP contribution in [0.4, 0.5) is 0 Å². The summed E-state index contributed by atoms with van der Waals surface area (Å²) in [6, 6.07) is 0. The zero-order valence-corrected chi connectivity index (χ0v) is 11.8. The quantitative estimate of drug-likeness (QED) is 0.839. The van der Waals surface area contributed by atoms with E-state index in [0.29, 0.717) is 11.5 Å². The van der Waals surface area contributed by atoms with Gasteiger partial charge in [0.15, 0.2) is 0 Å². The number of rotatable bonds is 2. The summed E-state index contributed by atoms with van der Waals surface area (Å²) in [4.78, 5) is 18.6. The third kappa shape index (κ3) is 2.52. The van der Waals surface area contributed by atoms with Crippen LogP contribution in [-0.4, -0.2) is 32.8 Å². The van der Waals surface area contributed by atoms with Gasteiger partial charge in [-0.15, -0.1) is 0 Å². The first-order chi connectivity index (χ1) is 8.82. The van der Waals surface area contributed by atoms with E-state index in [0.717, 1.165) is 11.3 Å². The Labute approximate surface area is 111 Å². The van der Waals surface area contributed by atoms with Gasteiger partial charge < -0.3 is 9.72 Å². The maximum absolute atomic E-state index is 11.4. The van der Waals surface area contributed by atoms with Crippen molar-refractivity contribution >= 4 is 5.97 Å². The van der Waals surface area contributed by atoms with Crippen LogP contribution in [0.2, 0.25) is 0 Å². The Balaban J connectivity index is 2.48. The number of carbonyl (C=O) groups is 1. The summed E-state index contributed by atoms with van der Waals surface area (Å²) in [7, 11) is 3.20. The highest BCUT2D eigenvalue weighted by Gasteiger charge is 2.24. The second-order valence-corrected chi connectivity index (χ2v) is 5.45. The van der Waals surface area contributed by atoms with E-state index in [9.17, 15) is 4.79 Å². The maximum atomic E-state index is 11.4. The number of nitrogens with one attached hydrogen (secondary N) is 1. The second kappa shape index (κ2) is 4.53. The molecule has 6 heteroatoms. The number of hydrogen-bond donors (Lipinski definition) is 1. The van der Waals surface area contributed by atoms with Crippen molar-refractivity contribution in [1.29, 1.82) is 0 Å². The van der Waals surface area contributed by atoms with Crippen LogP contribution in [0.1, 0.15) is 37.0 Å². The molecule has 0 aliphatic rings. The Kier molecular flexibility index (Phi) is 3.18. The van der Waals surface area contributed by atoms with E-state index in [1.54, 1.807) is 4.68 Å². The number of methoxy groups -OCH3 is 1. The van der Waals surface area contributed by atoms with Crippen molar-refractivity contribution in [2.45, 2.75) is 26.2 Å². The van der Waals surface area contributed by atoms with Gasteiger partial charge in [0.2, 0.25) is 0 Å². The highest BCUT2D eigenvalue weighted by molar-refractivity contribution is 5.87. The Bertz CT molecular complexity index is 604. The fourth-order valence-electron chi connectivity index (χ4n) is 1.89. The van der Waals surface area contributed by atoms with Gasteiger partial charge in [0.1, 0.15) is 11.5 Å². The van der Waals surface area contributed by atoms with Crippen LogP contribution in [0.15, 0.2) is 12.4 Å². The summed E-state index contributed by atoms with van der Waals surface area (Å²) in [5.74, 6) is 0.193. The molecule has 0 atom stereocenters. The molecule has 0 fully saturated rings. The predicted molar refractivity (Wildman–Crippen MR) is 70.8 cm³/mol. The third-order valence-corrected chi connectivity index (χ3v) is 2.78. The molecule has 2 heterocycles. The van der Waals surface area contributed by atoms with E-state index in [2.05, 4.69) is 40.6 Å². The molecule has 2 aromatic heterocycles. The van der Waals surface area contributed by atoms with Gasteiger partial charge in [-0.1, -0.05) is 20.8 Å². The highest BCUT2D eigenvalue weighted by Crippen LogP contribution is 2.30. The van der Waals surface area contributed by atoms with Crippen molar-refractivity contribution in [2.24, 2.45) is 7.05 Å². The predicted octanol–water partition coefficient (Wildman–Crippen LogP) is 1.89. The number of aryl methyl sites for hydroxylation is 1. The van der Waals surface area contributed by atoms with Gasteiger partial charge in [0.25, 0.3) is 0 Å². The lowest BCUT2D eigenvalue weighted by atomic mass is 9.89. The molecule has 0 radical (unpaired) electrons. The smallest absolute Gasteiger partial charge is 0.356 e. The minimum Gasteiger partial charge on any atom is -0.464 e. The molecule has 19 heavy (non-hydrogen) atoms. The van der Waals surface area contributed by atoms with Gasteiger partial charge in [-0.05, 0) is 0 Å². The van der Waals surface area contributed by atoms with Gasteiger partial charge in [-0.2, -0.15) is 5.10 Å². The minimum atomic E-state index is -0.431. The molecular formula is C13H18N4O2. The number of nitrogens with zero attached hydrogens (tertiary/aromatic N) is 3. The van der Waals surface area contributed by atoms with Gasteiger partial charge in [0.05, 0.1) is 24.6 Å². The zero-order chi connectivity index (χ0) is 14.2. The molecule has 0 unspecified atom stereocenters. The number of aromatic amines is 1. The lowest BCUT2D eigenvalue weighted by Gasteiger charge is -2.16. The van der Waals surface area contributed by atoms with Crippen molar-refractivity contribution in [3.05, 3.63) is 23.8 Å². The Hall–Kier alpha value is -2.11. The molecule has 0 aliphatic carbocycles. The van der Waals surface area contributed by atoms with Crippen molar-refractivity contribution < 1.29 is 9.53 Å². The molecule has 2 rings (SSSR count). The average molecular weight is 262 g/mol. The maximum Gasteiger partial charge on any atom is 0.356 e. The summed E-state index contributed by atoms with van der Waals surface area (Å²) in [5, 5.41) is 4.47. The first kappa shape index (κ1) is 13.3. The molecule has 2 aromatic rings. The lowest BCUT2D eigenvalue weighted by molar-refractivity contribution is 0.0595. The SMILES string of the molecule is COC(=O)c1cnc(-c2cn(C)nc2C(C)(C)C)[nH]1. The van der Waals surface area contributed by atoms with Gasteiger partial charge >= 0.3 is 5.97 Å². The van der Waals surface area contributed by atoms with E-state index in [1.807, 2.05) is 13.2 Å². The van der Waals surface area contributed by atoms with Crippen molar-refractivity contribution in [3.8, 4) is 11.4 Å². The van der Waals surface area contributed by atoms with E-state index in [1.165, 1.54) is 13.3 Å². The Morgan fingerprint density at radius 2 is 2.11 bits per heavy atom. The number of carbonyl (C=O) groups excluding carboxylic acids is 1. The van der Waals surface area contributed by atoms with Crippen LogP contribution in [0.3, 0.4) is 0 Å². The Morgan fingerprint density at radius 3 is 2.68 bits per heavy atom. The van der Waals surface area contributed by atoms with Crippen LogP contribution in [-0.2, 0) is 17.2 Å². The summed E-state index contributed by atoms with van der Waals surface area (Å²) in [5.41, 5.74) is 2.06. The lowest BCUT2D eigenvalue weighted by Crippen LogP contribution is -2.14. The van der Waals surface area contributed by atoms with Crippen molar-refractivity contribution in [2.75, 3.05) is 7.11 Å². The number of H-pyrrole nitrogens is 1. The molecule has 0 saturated heterocycles. The molecule has 0 aliphatic heterocycles. The van der Waals surface area contributed by atoms with E-state index >= 15 is 0 Å². The Morgan fingerprint density at radius 1 is 1.42 bits per heavy atom. The normalized spacial score (nSPS) is 11.6. The summed E-state index contributed by atoms with van der Waals surface area (Å²) < 4.78 is 6.40. The van der Waals surface area contributed by atoms with Crippen LogP contribution in [0.25, 0.3) is 11.4 Å². The van der Waals surface area contributed by atoms with Gasteiger partial charge in [-0.25, -0.2) is 9.78 Å². The van der Waals surface area contributed by atoms with Crippen LogP contribution < -0.4 is 0 Å². The molecule has 0 saturated carbocycles. The van der Waals surface area contributed by atoms with Crippen molar-refractivity contribution in [1.82, 2.24) is 19.7 Å². The molecule has 1 N–H and O–H groups in total. The number of hydrogen-bond acceptors (Lipinski definition) is 4. The largest absolute Gasteiger partial charge is 0.464 e. The monoisotopic (exact) mass is 262 g/mol. The molecular weight excluding hydrogens is 244 g/mol. The van der Waals surface area contributed by atoms with E-state index < -0.39 is 5.97 Å². The number of esters is 1.